The monoisotopic (exact) mass is 387 g/mol. The molecule has 0 unspecified atom stereocenters. The second-order valence-corrected chi connectivity index (χ2v) is 6.04. The van der Waals surface area contributed by atoms with E-state index in [9.17, 15) is 10.5 Å². The number of nitrogens with one attached hydrogen (secondary N) is 1. The average molecular weight is 387 g/mol. The molecule has 0 aliphatic rings. The minimum Gasteiger partial charge on any atom is -0.371 e. The van der Waals surface area contributed by atoms with Crippen LogP contribution in [0.4, 0.5) is 23.1 Å². The minimum absolute atomic E-state index is 0.176. The Morgan fingerprint density at radius 3 is 2.45 bits per heavy atom. The van der Waals surface area contributed by atoms with Crippen LogP contribution in [-0.2, 0) is 0 Å². The molecule has 0 aliphatic carbocycles. The van der Waals surface area contributed by atoms with Gasteiger partial charge in [0.2, 0.25) is 0 Å². The number of hydrogen-bond acceptors (Lipinski definition) is 10. The van der Waals surface area contributed by atoms with Crippen LogP contribution in [0.3, 0.4) is 0 Å². The van der Waals surface area contributed by atoms with Gasteiger partial charge in [-0.05, 0) is 13.0 Å². The molecule has 0 aliphatic heterocycles. The van der Waals surface area contributed by atoms with Gasteiger partial charge in [0.05, 0.1) is 11.8 Å². The second kappa shape index (κ2) is 8.10. The van der Waals surface area contributed by atoms with Gasteiger partial charge in [-0.1, -0.05) is 0 Å². The first kappa shape index (κ1) is 19.4. The number of rotatable bonds is 5. The van der Waals surface area contributed by atoms with E-state index in [1.807, 2.05) is 6.07 Å². The van der Waals surface area contributed by atoms with Crippen molar-refractivity contribution in [2.75, 3.05) is 31.4 Å². The Bertz CT molecular complexity index is 1150. The van der Waals surface area contributed by atoms with E-state index < -0.39 is 0 Å². The van der Waals surface area contributed by atoms with Gasteiger partial charge in [0.25, 0.3) is 5.95 Å². The van der Waals surface area contributed by atoms with Crippen molar-refractivity contribution >= 4 is 23.1 Å². The molecule has 144 valence electrons. The van der Waals surface area contributed by atoms with E-state index in [0.29, 0.717) is 28.5 Å². The van der Waals surface area contributed by atoms with Crippen LogP contribution in [0.15, 0.2) is 34.9 Å². The zero-order chi connectivity index (χ0) is 21.0. The molecule has 11 heteroatoms. The highest BCUT2D eigenvalue weighted by atomic mass is 15.4. The van der Waals surface area contributed by atoms with E-state index in [-0.39, 0.29) is 17.3 Å². The molecule has 3 aromatic rings. The van der Waals surface area contributed by atoms with E-state index in [0.717, 1.165) is 0 Å². The number of anilines is 2. The summed E-state index contributed by atoms with van der Waals surface area (Å²) in [7, 11) is 5.32. The molecular weight excluding hydrogens is 370 g/mol. The van der Waals surface area contributed by atoms with E-state index in [1.165, 1.54) is 10.9 Å². The first-order valence-corrected chi connectivity index (χ1v) is 8.48. The average Bonchev–Trinajstić information content (AvgIpc) is 3.15. The molecule has 0 bridgehead atoms. The number of azo groups is 1. The topological polar surface area (TPSA) is 144 Å². The van der Waals surface area contributed by atoms with Crippen LogP contribution in [-0.4, -0.2) is 45.9 Å². The standard InChI is InChI=1S/C18H17N11/c1-11-13(9-20)17(28(3)4)25-15(21-2)14(11)26-27-16-12(8-19)10-24-29(16)18-22-6-5-7-23-18/h5-7,10H,1-4H3,(H,21,25)/b27-26+. The fourth-order valence-corrected chi connectivity index (χ4v) is 2.59. The van der Waals surface area contributed by atoms with Crippen LogP contribution in [0.1, 0.15) is 16.7 Å². The Balaban J connectivity index is 2.16. The van der Waals surface area contributed by atoms with Crippen LogP contribution < -0.4 is 10.2 Å². The van der Waals surface area contributed by atoms with Gasteiger partial charge in [0, 0.05) is 39.1 Å². The van der Waals surface area contributed by atoms with E-state index in [1.54, 1.807) is 51.4 Å². The first-order valence-electron chi connectivity index (χ1n) is 8.48. The molecular formula is C18H17N11. The Morgan fingerprint density at radius 1 is 1.14 bits per heavy atom. The van der Waals surface area contributed by atoms with Gasteiger partial charge in [-0.3, -0.25) is 0 Å². The molecule has 0 aromatic carbocycles. The van der Waals surface area contributed by atoms with Crippen molar-refractivity contribution in [3.63, 3.8) is 0 Å². The zero-order valence-corrected chi connectivity index (χ0v) is 16.3. The maximum atomic E-state index is 9.58. The van der Waals surface area contributed by atoms with Crippen molar-refractivity contribution in [3.8, 4) is 18.1 Å². The van der Waals surface area contributed by atoms with E-state index in [4.69, 9.17) is 0 Å². The summed E-state index contributed by atoms with van der Waals surface area (Å²) in [6, 6.07) is 5.87. The SMILES string of the molecule is CNc1nc(N(C)C)c(C#N)c(C)c1/N=N/c1c(C#N)cnn1-c1ncccn1. The lowest BCUT2D eigenvalue weighted by atomic mass is 10.1. The molecule has 3 rings (SSSR count). The lowest BCUT2D eigenvalue weighted by molar-refractivity contribution is 0.803. The quantitative estimate of drug-likeness (QED) is 0.658. The normalized spacial score (nSPS) is 10.6. The van der Waals surface area contributed by atoms with Crippen LogP contribution >= 0.6 is 0 Å². The first-order chi connectivity index (χ1) is 14.0. The Labute approximate surface area is 167 Å². The Morgan fingerprint density at radius 2 is 1.86 bits per heavy atom. The highest BCUT2D eigenvalue weighted by molar-refractivity contribution is 5.74. The lowest BCUT2D eigenvalue weighted by Gasteiger charge is -2.17. The largest absolute Gasteiger partial charge is 0.371 e. The molecule has 29 heavy (non-hydrogen) atoms. The predicted octanol–water partition coefficient (Wildman–Crippen LogP) is 2.63. The Hall–Kier alpha value is -4.38. The molecule has 0 saturated heterocycles. The molecule has 3 aromatic heterocycles. The summed E-state index contributed by atoms with van der Waals surface area (Å²) in [6.07, 6.45) is 4.48. The molecule has 0 atom stereocenters. The minimum atomic E-state index is 0.176. The molecule has 0 spiro atoms. The maximum Gasteiger partial charge on any atom is 0.252 e. The van der Waals surface area contributed by atoms with Crippen LogP contribution in [0.2, 0.25) is 0 Å². The third-order valence-corrected chi connectivity index (χ3v) is 4.02. The Kier molecular flexibility index (Phi) is 5.42. The summed E-state index contributed by atoms with van der Waals surface area (Å²) in [5, 5.41) is 34.6. The van der Waals surface area contributed by atoms with Crippen molar-refractivity contribution in [1.29, 1.82) is 10.5 Å². The third kappa shape index (κ3) is 3.57. The van der Waals surface area contributed by atoms with Gasteiger partial charge in [-0.15, -0.1) is 10.2 Å². The van der Waals surface area contributed by atoms with Gasteiger partial charge in [-0.2, -0.15) is 20.3 Å². The lowest BCUT2D eigenvalue weighted by Crippen LogP contribution is -2.14. The summed E-state index contributed by atoms with van der Waals surface area (Å²) in [4.78, 5) is 14.5. The van der Waals surface area contributed by atoms with E-state index >= 15 is 0 Å². The fraction of sp³-hybridized carbons (Fsp3) is 0.222. The van der Waals surface area contributed by atoms with Crippen molar-refractivity contribution in [1.82, 2.24) is 24.7 Å². The summed E-state index contributed by atoms with van der Waals surface area (Å²) in [5.74, 6) is 1.41. The molecule has 0 saturated carbocycles. The molecule has 11 nitrogen and oxygen atoms in total. The molecule has 3 heterocycles. The number of aromatic nitrogens is 5. The van der Waals surface area contributed by atoms with Crippen LogP contribution in [0, 0.1) is 29.6 Å². The third-order valence-electron chi connectivity index (χ3n) is 4.02. The van der Waals surface area contributed by atoms with Crippen molar-refractivity contribution in [2.24, 2.45) is 10.2 Å². The number of hydrogen-bond donors (Lipinski definition) is 1. The van der Waals surface area contributed by atoms with E-state index in [2.05, 4.69) is 41.7 Å². The van der Waals surface area contributed by atoms with Crippen LogP contribution in [0.5, 0.6) is 0 Å². The number of nitriles is 2. The highest BCUT2D eigenvalue weighted by Crippen LogP contribution is 2.35. The zero-order valence-electron chi connectivity index (χ0n) is 16.3. The van der Waals surface area contributed by atoms with Gasteiger partial charge in [0.1, 0.15) is 29.2 Å². The number of nitrogens with zero attached hydrogens (tertiary/aromatic N) is 10. The van der Waals surface area contributed by atoms with Gasteiger partial charge >= 0.3 is 0 Å². The molecule has 1 N–H and O–H groups in total. The maximum absolute atomic E-state index is 9.58. The fourth-order valence-electron chi connectivity index (χ4n) is 2.59. The summed E-state index contributed by atoms with van der Waals surface area (Å²) in [5.41, 5.74) is 1.60. The van der Waals surface area contributed by atoms with Gasteiger partial charge in [0.15, 0.2) is 11.6 Å². The highest BCUT2D eigenvalue weighted by Gasteiger charge is 2.19. The van der Waals surface area contributed by atoms with Crippen molar-refractivity contribution in [2.45, 2.75) is 6.92 Å². The molecule has 0 radical (unpaired) electrons. The summed E-state index contributed by atoms with van der Waals surface area (Å²) in [6.45, 7) is 1.77. The number of pyridine rings is 1. The van der Waals surface area contributed by atoms with Crippen molar-refractivity contribution in [3.05, 3.63) is 41.3 Å². The smallest absolute Gasteiger partial charge is 0.252 e. The van der Waals surface area contributed by atoms with Crippen LogP contribution in [0.25, 0.3) is 5.95 Å². The van der Waals surface area contributed by atoms with Gasteiger partial charge in [-0.25, -0.2) is 15.0 Å². The predicted molar refractivity (Wildman–Crippen MR) is 106 cm³/mol. The summed E-state index contributed by atoms with van der Waals surface area (Å²) < 4.78 is 1.32. The molecule has 0 fully saturated rings. The second-order valence-electron chi connectivity index (χ2n) is 6.04. The van der Waals surface area contributed by atoms with Gasteiger partial charge < -0.3 is 10.2 Å². The molecule has 0 amide bonds. The summed E-state index contributed by atoms with van der Waals surface area (Å²) >= 11 is 0. The van der Waals surface area contributed by atoms with Crippen molar-refractivity contribution < 1.29 is 0 Å².